The number of halogens is 1. The molecule has 0 unspecified atom stereocenters. The number of para-hydroxylation sites is 1. The summed E-state index contributed by atoms with van der Waals surface area (Å²) in [5.41, 5.74) is 1.56. The smallest absolute Gasteiger partial charge is 0.253 e. The van der Waals surface area contributed by atoms with Crippen molar-refractivity contribution in [2.24, 2.45) is 0 Å². The zero-order chi connectivity index (χ0) is 24.7. The summed E-state index contributed by atoms with van der Waals surface area (Å²) in [6, 6.07) is 12.1. The lowest BCUT2D eigenvalue weighted by Gasteiger charge is -2.24. The van der Waals surface area contributed by atoms with Gasteiger partial charge in [0.05, 0.1) is 28.4 Å². The lowest BCUT2D eigenvalue weighted by atomic mass is 10.0. The van der Waals surface area contributed by atoms with E-state index in [1.807, 2.05) is 20.8 Å². The van der Waals surface area contributed by atoms with Crippen molar-refractivity contribution in [2.45, 2.75) is 64.5 Å². The Morgan fingerprint density at radius 3 is 2.38 bits per heavy atom. The van der Waals surface area contributed by atoms with Gasteiger partial charge in [-0.2, -0.15) is 0 Å². The van der Waals surface area contributed by atoms with E-state index in [4.69, 9.17) is 11.6 Å². The standard InChI is InChI=1S/C26H33ClN4O3/c1-4-26(2,3)31-25(34)19-14-13-18(15-21(19)27)28-16-23(32)30-22-12-8-7-11-20(22)24(33)29-17-9-5-6-10-17/h7-8,11-15,17,28H,4-6,9-10,16H2,1-3H3,(H,29,33)(H,30,32)(H,31,34). The normalized spacial score (nSPS) is 13.9. The van der Waals surface area contributed by atoms with Crippen LogP contribution in [0.1, 0.15) is 73.6 Å². The summed E-state index contributed by atoms with van der Waals surface area (Å²) in [5.74, 6) is -0.722. The van der Waals surface area contributed by atoms with Crippen LogP contribution in [0.25, 0.3) is 0 Å². The molecule has 8 heteroatoms. The van der Waals surface area contributed by atoms with Crippen molar-refractivity contribution in [1.82, 2.24) is 10.6 Å². The van der Waals surface area contributed by atoms with Crippen molar-refractivity contribution in [3.63, 3.8) is 0 Å². The molecule has 1 aliphatic carbocycles. The molecular weight excluding hydrogens is 452 g/mol. The van der Waals surface area contributed by atoms with Gasteiger partial charge in [-0.3, -0.25) is 14.4 Å². The summed E-state index contributed by atoms with van der Waals surface area (Å²) in [5, 5.41) is 12.1. The van der Waals surface area contributed by atoms with Crippen LogP contribution >= 0.6 is 11.6 Å². The van der Waals surface area contributed by atoms with E-state index >= 15 is 0 Å². The van der Waals surface area contributed by atoms with E-state index in [1.54, 1.807) is 42.5 Å². The lowest BCUT2D eigenvalue weighted by Crippen LogP contribution is -2.42. The van der Waals surface area contributed by atoms with Crippen molar-refractivity contribution in [2.75, 3.05) is 17.2 Å². The van der Waals surface area contributed by atoms with Gasteiger partial charge in [-0.15, -0.1) is 0 Å². The van der Waals surface area contributed by atoms with Gasteiger partial charge in [0, 0.05) is 17.3 Å². The summed E-state index contributed by atoms with van der Waals surface area (Å²) < 4.78 is 0. The Hall–Kier alpha value is -3.06. The van der Waals surface area contributed by atoms with E-state index in [2.05, 4.69) is 21.3 Å². The predicted octanol–water partition coefficient (Wildman–Crippen LogP) is 4.98. The summed E-state index contributed by atoms with van der Waals surface area (Å²) in [6.45, 7) is 5.87. The van der Waals surface area contributed by atoms with Gasteiger partial charge >= 0.3 is 0 Å². The second kappa shape index (κ2) is 11.4. The van der Waals surface area contributed by atoms with Crippen molar-refractivity contribution in [3.8, 4) is 0 Å². The Kier molecular flexibility index (Phi) is 8.56. The van der Waals surface area contributed by atoms with E-state index in [-0.39, 0.29) is 35.8 Å². The third kappa shape index (κ3) is 6.97. The first-order chi connectivity index (χ1) is 16.2. The second-order valence-corrected chi connectivity index (χ2v) is 9.70. The Balaban J connectivity index is 1.58. The quantitative estimate of drug-likeness (QED) is 0.403. The van der Waals surface area contributed by atoms with E-state index in [0.29, 0.717) is 27.5 Å². The Morgan fingerprint density at radius 1 is 1.00 bits per heavy atom. The minimum atomic E-state index is -0.334. The van der Waals surface area contributed by atoms with E-state index in [1.165, 1.54) is 0 Å². The SMILES string of the molecule is CCC(C)(C)NC(=O)c1ccc(NCC(=O)Nc2ccccc2C(=O)NC2CCCC2)cc1Cl. The van der Waals surface area contributed by atoms with E-state index in [0.717, 1.165) is 32.1 Å². The number of hydrogen-bond donors (Lipinski definition) is 4. The monoisotopic (exact) mass is 484 g/mol. The lowest BCUT2D eigenvalue weighted by molar-refractivity contribution is -0.114. The molecule has 7 nitrogen and oxygen atoms in total. The molecule has 3 amide bonds. The molecule has 182 valence electrons. The fourth-order valence-electron chi connectivity index (χ4n) is 3.77. The molecule has 0 heterocycles. The first-order valence-corrected chi connectivity index (χ1v) is 12.1. The van der Waals surface area contributed by atoms with Gasteiger partial charge < -0.3 is 21.3 Å². The highest BCUT2D eigenvalue weighted by Gasteiger charge is 2.21. The zero-order valence-corrected chi connectivity index (χ0v) is 20.7. The van der Waals surface area contributed by atoms with Crippen LogP contribution < -0.4 is 21.3 Å². The van der Waals surface area contributed by atoms with Crippen LogP contribution in [0.4, 0.5) is 11.4 Å². The van der Waals surface area contributed by atoms with Crippen LogP contribution in [0, 0.1) is 0 Å². The molecule has 1 fully saturated rings. The van der Waals surface area contributed by atoms with Crippen molar-refractivity contribution < 1.29 is 14.4 Å². The number of rotatable bonds is 9. The summed E-state index contributed by atoms with van der Waals surface area (Å²) in [7, 11) is 0. The molecule has 3 rings (SSSR count). The molecule has 0 radical (unpaired) electrons. The Bertz CT molecular complexity index is 1050. The van der Waals surface area contributed by atoms with Gasteiger partial charge in [-0.05, 0) is 63.4 Å². The van der Waals surface area contributed by atoms with Crippen LogP contribution in [0.5, 0.6) is 0 Å². The Labute approximate surface area is 206 Å². The van der Waals surface area contributed by atoms with Crippen molar-refractivity contribution in [3.05, 3.63) is 58.6 Å². The van der Waals surface area contributed by atoms with Gasteiger partial charge in [-0.1, -0.05) is 43.5 Å². The molecule has 34 heavy (non-hydrogen) atoms. The molecule has 0 aromatic heterocycles. The highest BCUT2D eigenvalue weighted by Crippen LogP contribution is 2.23. The van der Waals surface area contributed by atoms with Gasteiger partial charge in [0.2, 0.25) is 5.91 Å². The molecular formula is C26H33ClN4O3. The van der Waals surface area contributed by atoms with Crippen LogP contribution in [0.15, 0.2) is 42.5 Å². The molecule has 0 atom stereocenters. The molecule has 1 saturated carbocycles. The largest absolute Gasteiger partial charge is 0.376 e. The summed E-state index contributed by atoms with van der Waals surface area (Å²) >= 11 is 6.32. The topological polar surface area (TPSA) is 99.3 Å². The van der Waals surface area contributed by atoms with Gasteiger partial charge in [0.15, 0.2) is 0 Å². The fraction of sp³-hybridized carbons (Fsp3) is 0.423. The number of benzene rings is 2. The van der Waals surface area contributed by atoms with Crippen LogP contribution in [0.2, 0.25) is 5.02 Å². The van der Waals surface area contributed by atoms with E-state index in [9.17, 15) is 14.4 Å². The minimum Gasteiger partial charge on any atom is -0.376 e. The van der Waals surface area contributed by atoms with Crippen LogP contribution in [-0.4, -0.2) is 35.8 Å². The maximum Gasteiger partial charge on any atom is 0.253 e. The number of carbonyl (C=O) groups excluding carboxylic acids is 3. The van der Waals surface area contributed by atoms with Gasteiger partial charge in [0.1, 0.15) is 0 Å². The number of hydrogen-bond acceptors (Lipinski definition) is 4. The molecule has 0 bridgehead atoms. The maximum atomic E-state index is 12.7. The van der Waals surface area contributed by atoms with Crippen LogP contribution in [0.3, 0.4) is 0 Å². The van der Waals surface area contributed by atoms with Crippen molar-refractivity contribution in [1.29, 1.82) is 0 Å². The minimum absolute atomic E-state index is 0.0245. The molecule has 0 spiro atoms. The molecule has 2 aromatic carbocycles. The van der Waals surface area contributed by atoms with Gasteiger partial charge in [-0.25, -0.2) is 0 Å². The first kappa shape index (κ1) is 25.6. The molecule has 0 aliphatic heterocycles. The average molecular weight is 485 g/mol. The highest BCUT2D eigenvalue weighted by molar-refractivity contribution is 6.34. The number of carbonyl (C=O) groups is 3. The second-order valence-electron chi connectivity index (χ2n) is 9.29. The predicted molar refractivity (Wildman–Crippen MR) is 137 cm³/mol. The van der Waals surface area contributed by atoms with E-state index < -0.39 is 0 Å². The molecule has 4 N–H and O–H groups in total. The molecule has 2 aromatic rings. The first-order valence-electron chi connectivity index (χ1n) is 11.7. The summed E-state index contributed by atoms with van der Waals surface area (Å²) in [4.78, 5) is 37.7. The molecule has 0 saturated heterocycles. The van der Waals surface area contributed by atoms with Gasteiger partial charge in [0.25, 0.3) is 11.8 Å². The third-order valence-electron chi connectivity index (χ3n) is 6.14. The Morgan fingerprint density at radius 2 is 1.71 bits per heavy atom. The zero-order valence-electron chi connectivity index (χ0n) is 20.0. The highest BCUT2D eigenvalue weighted by atomic mass is 35.5. The van der Waals surface area contributed by atoms with Crippen LogP contribution in [-0.2, 0) is 4.79 Å². The number of amides is 3. The summed E-state index contributed by atoms with van der Waals surface area (Å²) in [6.07, 6.45) is 5.02. The fourth-order valence-corrected chi connectivity index (χ4v) is 4.04. The maximum absolute atomic E-state index is 12.7. The molecule has 1 aliphatic rings. The third-order valence-corrected chi connectivity index (χ3v) is 6.45. The average Bonchev–Trinajstić information content (AvgIpc) is 3.30. The van der Waals surface area contributed by atoms with Crippen molar-refractivity contribution >= 4 is 40.7 Å². The number of nitrogens with one attached hydrogen (secondary N) is 4. The number of anilines is 2.